The van der Waals surface area contributed by atoms with Crippen molar-refractivity contribution in [1.29, 1.82) is 5.26 Å². The van der Waals surface area contributed by atoms with Crippen molar-refractivity contribution in [1.82, 2.24) is 0 Å². The average Bonchev–Trinajstić information content (AvgIpc) is 2.38. The van der Waals surface area contributed by atoms with Crippen molar-refractivity contribution in [3.05, 3.63) is 23.8 Å². The predicted octanol–water partition coefficient (Wildman–Crippen LogP) is 2.04. The first-order chi connectivity index (χ1) is 9.01. The maximum absolute atomic E-state index is 11.9. The van der Waals surface area contributed by atoms with Gasteiger partial charge in [-0.05, 0) is 26.0 Å². The zero-order valence-electron chi connectivity index (χ0n) is 11.5. The van der Waals surface area contributed by atoms with Crippen LogP contribution in [-0.2, 0) is 4.74 Å². The molecule has 5 heteroatoms. The highest BCUT2D eigenvalue weighted by Gasteiger charge is 2.19. The molecule has 1 unspecified atom stereocenters. The van der Waals surface area contributed by atoms with Crippen LogP contribution in [0.3, 0.4) is 0 Å². The summed E-state index contributed by atoms with van der Waals surface area (Å²) in [5.74, 6) is -0.555. The van der Waals surface area contributed by atoms with Crippen LogP contribution in [-0.4, -0.2) is 26.2 Å². The lowest BCUT2D eigenvalue weighted by Crippen LogP contribution is -2.26. The lowest BCUT2D eigenvalue weighted by atomic mass is 10.1. The number of nitrogens with two attached hydrogens (primary N) is 1. The fourth-order valence-corrected chi connectivity index (χ4v) is 1.90. The maximum Gasteiger partial charge on any atom is 0.340 e. The first-order valence-corrected chi connectivity index (χ1v) is 6.17. The van der Waals surface area contributed by atoms with Crippen LogP contribution < -0.4 is 10.6 Å². The van der Waals surface area contributed by atoms with E-state index in [1.54, 1.807) is 25.1 Å². The number of carbonyl (C=O) groups excluding carboxylic acids is 1. The molecule has 0 saturated carbocycles. The molecular weight excluding hydrogens is 242 g/mol. The maximum atomic E-state index is 11.9. The van der Waals surface area contributed by atoms with Gasteiger partial charge in [-0.2, -0.15) is 5.26 Å². The molecule has 1 aromatic rings. The van der Waals surface area contributed by atoms with Crippen molar-refractivity contribution in [2.24, 2.45) is 5.92 Å². The molecular formula is C14H19N3O2. The van der Waals surface area contributed by atoms with E-state index in [9.17, 15) is 4.79 Å². The summed E-state index contributed by atoms with van der Waals surface area (Å²) in [6.07, 6.45) is 0. The van der Waals surface area contributed by atoms with Crippen LogP contribution in [0, 0.1) is 17.2 Å². The summed E-state index contributed by atoms with van der Waals surface area (Å²) in [7, 11) is 1.81. The molecule has 1 atom stereocenters. The molecule has 0 aliphatic heterocycles. The summed E-state index contributed by atoms with van der Waals surface area (Å²) >= 11 is 0. The minimum Gasteiger partial charge on any atom is -0.462 e. The lowest BCUT2D eigenvalue weighted by Gasteiger charge is -2.24. The molecule has 5 nitrogen and oxygen atoms in total. The van der Waals surface area contributed by atoms with Gasteiger partial charge in [0.05, 0.1) is 35.5 Å². The van der Waals surface area contributed by atoms with Crippen molar-refractivity contribution >= 4 is 17.3 Å². The molecule has 0 aromatic heterocycles. The van der Waals surface area contributed by atoms with E-state index in [1.165, 1.54) is 0 Å². The quantitative estimate of drug-likeness (QED) is 0.648. The zero-order chi connectivity index (χ0) is 14.4. The van der Waals surface area contributed by atoms with Crippen LogP contribution >= 0.6 is 0 Å². The van der Waals surface area contributed by atoms with E-state index in [4.69, 9.17) is 15.7 Å². The number of anilines is 2. The summed E-state index contributed by atoms with van der Waals surface area (Å²) in [6, 6.07) is 7.28. The zero-order valence-corrected chi connectivity index (χ0v) is 11.5. The Bertz CT molecular complexity index is 494. The first kappa shape index (κ1) is 14.8. The third-order valence-electron chi connectivity index (χ3n) is 2.71. The summed E-state index contributed by atoms with van der Waals surface area (Å²) < 4.78 is 5.02. The Balaban J connectivity index is 3.11. The van der Waals surface area contributed by atoms with E-state index in [1.807, 2.05) is 18.9 Å². The number of benzene rings is 1. The first-order valence-electron chi connectivity index (χ1n) is 6.17. The van der Waals surface area contributed by atoms with Crippen LogP contribution in [0.2, 0.25) is 0 Å². The Morgan fingerprint density at radius 2 is 2.26 bits per heavy atom. The van der Waals surface area contributed by atoms with Gasteiger partial charge >= 0.3 is 5.97 Å². The van der Waals surface area contributed by atoms with Crippen LogP contribution in [0.1, 0.15) is 24.2 Å². The van der Waals surface area contributed by atoms with Gasteiger partial charge in [-0.1, -0.05) is 6.07 Å². The van der Waals surface area contributed by atoms with Gasteiger partial charge in [-0.15, -0.1) is 0 Å². The highest BCUT2D eigenvalue weighted by molar-refractivity contribution is 5.99. The van der Waals surface area contributed by atoms with Crippen molar-refractivity contribution in [3.63, 3.8) is 0 Å². The molecule has 0 spiro atoms. The van der Waals surface area contributed by atoms with Crippen LogP contribution in [0.25, 0.3) is 0 Å². The molecule has 1 aromatic carbocycles. The van der Waals surface area contributed by atoms with E-state index in [-0.39, 0.29) is 5.92 Å². The van der Waals surface area contributed by atoms with Crippen molar-refractivity contribution in [2.45, 2.75) is 13.8 Å². The Kier molecular flexibility index (Phi) is 5.19. The van der Waals surface area contributed by atoms with Crippen molar-refractivity contribution in [2.75, 3.05) is 30.8 Å². The smallest absolute Gasteiger partial charge is 0.340 e. The highest BCUT2D eigenvalue weighted by atomic mass is 16.5. The number of esters is 1. The van der Waals surface area contributed by atoms with E-state index in [0.717, 1.165) is 0 Å². The van der Waals surface area contributed by atoms with E-state index in [0.29, 0.717) is 30.1 Å². The number of ether oxygens (including phenoxy) is 1. The number of nitrogen functional groups attached to an aromatic ring is 1. The third-order valence-corrected chi connectivity index (χ3v) is 2.71. The minimum atomic E-state index is -0.402. The average molecular weight is 261 g/mol. The molecule has 0 aliphatic rings. The standard InChI is InChI=1S/C14H19N3O2/c1-4-19-14(18)11-6-5-7-12(16)13(11)17(3)9-10(2)8-15/h5-7,10H,4,9,16H2,1-3H3. The van der Waals surface area contributed by atoms with Crippen LogP contribution in [0.5, 0.6) is 0 Å². The van der Waals surface area contributed by atoms with Gasteiger partial charge in [0, 0.05) is 13.6 Å². The molecule has 1 rings (SSSR count). The van der Waals surface area contributed by atoms with Crippen molar-refractivity contribution in [3.8, 4) is 6.07 Å². The molecule has 0 radical (unpaired) electrons. The number of hydrogen-bond donors (Lipinski definition) is 1. The van der Waals surface area contributed by atoms with Gasteiger partial charge in [0.25, 0.3) is 0 Å². The van der Waals surface area contributed by atoms with E-state index < -0.39 is 5.97 Å². The second kappa shape index (κ2) is 6.64. The fourth-order valence-electron chi connectivity index (χ4n) is 1.90. The molecule has 0 bridgehead atoms. The summed E-state index contributed by atoms with van der Waals surface area (Å²) in [6.45, 7) is 4.38. The molecule has 19 heavy (non-hydrogen) atoms. The number of nitrogens with zero attached hydrogens (tertiary/aromatic N) is 2. The number of hydrogen-bond acceptors (Lipinski definition) is 5. The number of para-hydroxylation sites is 1. The molecule has 102 valence electrons. The third kappa shape index (κ3) is 3.62. The summed E-state index contributed by atoms with van der Waals surface area (Å²) in [5, 5.41) is 8.86. The van der Waals surface area contributed by atoms with Gasteiger partial charge in [0.2, 0.25) is 0 Å². The Morgan fingerprint density at radius 3 is 2.84 bits per heavy atom. The topological polar surface area (TPSA) is 79.3 Å². The summed E-state index contributed by atoms with van der Waals surface area (Å²) in [4.78, 5) is 13.7. The highest BCUT2D eigenvalue weighted by Crippen LogP contribution is 2.28. The molecule has 0 heterocycles. The monoisotopic (exact) mass is 261 g/mol. The Morgan fingerprint density at radius 1 is 1.58 bits per heavy atom. The fraction of sp³-hybridized carbons (Fsp3) is 0.429. The van der Waals surface area contributed by atoms with Gasteiger partial charge in [-0.25, -0.2) is 4.79 Å². The predicted molar refractivity (Wildman–Crippen MR) is 74.9 cm³/mol. The Labute approximate surface area is 113 Å². The molecule has 0 saturated heterocycles. The SMILES string of the molecule is CCOC(=O)c1cccc(N)c1N(C)CC(C)C#N. The van der Waals surface area contributed by atoms with Crippen molar-refractivity contribution < 1.29 is 9.53 Å². The van der Waals surface area contributed by atoms with Gasteiger partial charge in [0.15, 0.2) is 0 Å². The molecule has 0 aliphatic carbocycles. The normalized spacial score (nSPS) is 11.5. The van der Waals surface area contributed by atoms with Crippen LogP contribution in [0.4, 0.5) is 11.4 Å². The van der Waals surface area contributed by atoms with Gasteiger partial charge in [-0.3, -0.25) is 0 Å². The Hall–Kier alpha value is -2.22. The molecule has 2 N–H and O–H groups in total. The molecule has 0 amide bonds. The van der Waals surface area contributed by atoms with E-state index >= 15 is 0 Å². The second-order valence-electron chi connectivity index (χ2n) is 4.37. The minimum absolute atomic E-state index is 0.153. The van der Waals surface area contributed by atoms with Gasteiger partial charge in [0.1, 0.15) is 0 Å². The van der Waals surface area contributed by atoms with Gasteiger partial charge < -0.3 is 15.4 Å². The lowest BCUT2D eigenvalue weighted by molar-refractivity contribution is 0.0527. The molecule has 0 fully saturated rings. The second-order valence-corrected chi connectivity index (χ2v) is 4.37. The number of nitriles is 1. The summed E-state index contributed by atoms with van der Waals surface area (Å²) in [5.41, 5.74) is 7.48. The largest absolute Gasteiger partial charge is 0.462 e. The van der Waals surface area contributed by atoms with E-state index in [2.05, 4.69) is 6.07 Å². The number of rotatable bonds is 5. The number of carbonyl (C=O) groups is 1. The van der Waals surface area contributed by atoms with Crippen LogP contribution in [0.15, 0.2) is 18.2 Å².